The van der Waals surface area contributed by atoms with Gasteiger partial charge in [-0.2, -0.15) is 0 Å². The number of carbonyl (C=O) groups is 1. The Kier molecular flexibility index (Phi) is 5.58. The van der Waals surface area contributed by atoms with E-state index in [1.54, 1.807) is 0 Å². The fraction of sp³-hybridized carbons (Fsp3) is 0.100. The van der Waals surface area contributed by atoms with Crippen molar-refractivity contribution in [1.29, 1.82) is 0 Å². The summed E-state index contributed by atoms with van der Waals surface area (Å²) in [5.74, 6) is -0.348. The number of nitrogens with one attached hydrogen (secondary N) is 1. The van der Waals surface area contributed by atoms with Gasteiger partial charge >= 0.3 is 0 Å². The average Bonchev–Trinajstić information content (AvgIpc) is 2.69. The van der Waals surface area contributed by atoms with E-state index in [1.165, 1.54) is 42.6 Å². The van der Waals surface area contributed by atoms with Gasteiger partial charge in [-0.05, 0) is 54.4 Å². The molecule has 5 nitrogen and oxygen atoms in total. The normalized spacial score (nSPS) is 11.2. The number of aryl methyl sites for hydroxylation is 1. The van der Waals surface area contributed by atoms with Gasteiger partial charge in [-0.15, -0.1) is 0 Å². The number of carbonyl (C=O) groups excluding carboxylic acids is 1. The number of hydrogen-bond acceptors (Lipinski definition) is 4. The average molecular weight is 401 g/mol. The minimum absolute atomic E-state index is 0.0912. The van der Waals surface area contributed by atoms with Gasteiger partial charge in [0, 0.05) is 16.9 Å². The monoisotopic (exact) mass is 400 g/mol. The summed E-state index contributed by atoms with van der Waals surface area (Å²) in [6.07, 6.45) is 2.04. The number of rotatable bonds is 5. The zero-order chi connectivity index (χ0) is 19.4. The van der Waals surface area contributed by atoms with Gasteiger partial charge in [0.2, 0.25) is 9.84 Å². The number of halogens is 1. The molecule has 1 aromatic heterocycles. The summed E-state index contributed by atoms with van der Waals surface area (Å²) in [4.78, 5) is 16.5. The van der Waals surface area contributed by atoms with Crippen LogP contribution >= 0.6 is 11.6 Å². The van der Waals surface area contributed by atoms with Gasteiger partial charge in [0.1, 0.15) is 0 Å². The number of anilines is 1. The second-order valence-corrected chi connectivity index (χ2v) is 8.14. The Morgan fingerprint density at radius 2 is 1.74 bits per heavy atom. The molecule has 138 valence electrons. The van der Waals surface area contributed by atoms with E-state index in [4.69, 9.17) is 11.6 Å². The molecule has 0 aliphatic carbocycles. The van der Waals surface area contributed by atoms with E-state index >= 15 is 0 Å². The van der Waals surface area contributed by atoms with Crippen LogP contribution in [-0.4, -0.2) is 19.3 Å². The number of benzene rings is 2. The predicted molar refractivity (Wildman–Crippen MR) is 105 cm³/mol. The van der Waals surface area contributed by atoms with Crippen LogP contribution in [0.5, 0.6) is 0 Å². The molecule has 0 atom stereocenters. The topological polar surface area (TPSA) is 76.1 Å². The van der Waals surface area contributed by atoms with Gasteiger partial charge < -0.3 is 5.32 Å². The van der Waals surface area contributed by atoms with E-state index < -0.39 is 9.84 Å². The third-order valence-electron chi connectivity index (χ3n) is 4.04. The predicted octanol–water partition coefficient (Wildman–Crippen LogP) is 4.38. The van der Waals surface area contributed by atoms with Crippen LogP contribution in [0.4, 0.5) is 5.69 Å². The first-order chi connectivity index (χ1) is 12.9. The molecule has 2 aromatic carbocycles. The fourth-order valence-electron chi connectivity index (χ4n) is 2.55. The molecule has 0 spiro atoms. The molecule has 0 saturated heterocycles. The summed E-state index contributed by atoms with van der Waals surface area (Å²) in [5.41, 5.74) is 2.01. The summed E-state index contributed by atoms with van der Waals surface area (Å²) >= 11 is 5.80. The maximum Gasteiger partial charge on any atom is 0.257 e. The van der Waals surface area contributed by atoms with Gasteiger partial charge in [0.25, 0.3) is 5.91 Å². The fourth-order valence-corrected chi connectivity index (χ4v) is 3.85. The van der Waals surface area contributed by atoms with Crippen molar-refractivity contribution in [3.63, 3.8) is 0 Å². The van der Waals surface area contributed by atoms with Crippen molar-refractivity contribution in [2.24, 2.45) is 0 Å². The van der Waals surface area contributed by atoms with Gasteiger partial charge in [-0.3, -0.25) is 4.79 Å². The minimum Gasteiger partial charge on any atom is -0.322 e. The lowest BCUT2D eigenvalue weighted by molar-refractivity contribution is 0.102. The van der Waals surface area contributed by atoms with Crippen molar-refractivity contribution in [3.8, 4) is 0 Å². The number of hydrogen-bond donors (Lipinski definition) is 1. The molecular weight excluding hydrogens is 384 g/mol. The number of nitrogens with zero attached hydrogens (tertiary/aromatic N) is 1. The molecule has 1 amide bonds. The van der Waals surface area contributed by atoms with Crippen LogP contribution in [0, 0.1) is 0 Å². The van der Waals surface area contributed by atoms with Gasteiger partial charge in [-0.1, -0.05) is 36.7 Å². The second kappa shape index (κ2) is 7.90. The molecule has 3 rings (SSSR count). The molecule has 0 aliphatic rings. The first-order valence-electron chi connectivity index (χ1n) is 8.28. The van der Waals surface area contributed by atoms with Crippen molar-refractivity contribution in [2.45, 2.75) is 23.3 Å². The molecule has 27 heavy (non-hydrogen) atoms. The lowest BCUT2D eigenvalue weighted by Gasteiger charge is -2.10. The standard InChI is InChI=1S/C20H17ClN2O3S/c1-2-14-5-3-4-6-18(14)23-20(24)15-7-12-19(22-13-15)27(25,26)17-10-8-16(21)9-11-17/h3-13H,2H2,1H3,(H,23,24). The third-order valence-corrected chi connectivity index (χ3v) is 5.98. The highest BCUT2D eigenvalue weighted by Gasteiger charge is 2.20. The highest BCUT2D eigenvalue weighted by atomic mass is 35.5. The Balaban J connectivity index is 1.82. The van der Waals surface area contributed by atoms with Crippen LogP contribution in [0.3, 0.4) is 0 Å². The largest absolute Gasteiger partial charge is 0.322 e. The third kappa shape index (κ3) is 4.18. The molecule has 1 heterocycles. The van der Waals surface area contributed by atoms with Crippen molar-refractivity contribution < 1.29 is 13.2 Å². The maximum absolute atomic E-state index is 12.6. The van der Waals surface area contributed by atoms with Crippen LogP contribution in [0.15, 0.2) is 76.8 Å². The van der Waals surface area contributed by atoms with Crippen molar-refractivity contribution in [1.82, 2.24) is 4.98 Å². The maximum atomic E-state index is 12.6. The molecule has 0 bridgehead atoms. The van der Waals surface area contributed by atoms with Crippen molar-refractivity contribution in [2.75, 3.05) is 5.32 Å². The molecule has 0 saturated carbocycles. The Morgan fingerprint density at radius 3 is 2.37 bits per heavy atom. The number of amides is 1. The molecule has 1 N–H and O–H groups in total. The van der Waals surface area contributed by atoms with E-state index in [0.717, 1.165) is 17.7 Å². The van der Waals surface area contributed by atoms with Gasteiger partial charge in [0.05, 0.1) is 10.5 Å². The van der Waals surface area contributed by atoms with Crippen LogP contribution in [-0.2, 0) is 16.3 Å². The van der Waals surface area contributed by atoms with E-state index in [1.807, 2.05) is 31.2 Å². The van der Waals surface area contributed by atoms with Crippen molar-refractivity contribution in [3.05, 3.63) is 83.0 Å². The summed E-state index contributed by atoms with van der Waals surface area (Å²) in [7, 11) is -3.77. The summed E-state index contributed by atoms with van der Waals surface area (Å²) < 4.78 is 25.2. The molecule has 3 aromatic rings. The van der Waals surface area contributed by atoms with E-state index in [0.29, 0.717) is 5.02 Å². The van der Waals surface area contributed by atoms with E-state index in [9.17, 15) is 13.2 Å². The number of sulfone groups is 1. The van der Waals surface area contributed by atoms with Crippen molar-refractivity contribution >= 4 is 33.0 Å². The van der Waals surface area contributed by atoms with Gasteiger partial charge in [0.15, 0.2) is 5.03 Å². The lowest BCUT2D eigenvalue weighted by Crippen LogP contribution is -2.14. The highest BCUT2D eigenvalue weighted by Crippen LogP contribution is 2.22. The Morgan fingerprint density at radius 1 is 1.04 bits per heavy atom. The first-order valence-corrected chi connectivity index (χ1v) is 10.1. The molecule has 0 radical (unpaired) electrons. The van der Waals surface area contributed by atoms with Gasteiger partial charge in [-0.25, -0.2) is 13.4 Å². The minimum atomic E-state index is -3.77. The molecule has 0 unspecified atom stereocenters. The summed E-state index contributed by atoms with van der Waals surface area (Å²) in [6, 6.07) is 16.1. The number of aromatic nitrogens is 1. The highest BCUT2D eigenvalue weighted by molar-refractivity contribution is 7.91. The van der Waals surface area contributed by atoms with E-state index in [2.05, 4.69) is 10.3 Å². The molecule has 0 aliphatic heterocycles. The SMILES string of the molecule is CCc1ccccc1NC(=O)c1ccc(S(=O)(=O)c2ccc(Cl)cc2)nc1. The first kappa shape index (κ1) is 19.1. The van der Waals surface area contributed by atoms with Crippen LogP contribution in [0.25, 0.3) is 0 Å². The summed E-state index contributed by atoms with van der Waals surface area (Å²) in [6.45, 7) is 2.00. The Labute approximate surface area is 163 Å². The summed E-state index contributed by atoms with van der Waals surface area (Å²) in [5, 5.41) is 3.15. The molecular formula is C20H17ClN2O3S. The molecule has 0 fully saturated rings. The zero-order valence-electron chi connectivity index (χ0n) is 14.5. The van der Waals surface area contributed by atoms with Crippen LogP contribution in [0.2, 0.25) is 5.02 Å². The van der Waals surface area contributed by atoms with Crippen LogP contribution < -0.4 is 5.32 Å². The number of para-hydroxylation sites is 1. The van der Waals surface area contributed by atoms with E-state index in [-0.39, 0.29) is 21.4 Å². The second-order valence-electron chi connectivity index (χ2n) is 5.81. The quantitative estimate of drug-likeness (QED) is 0.689. The Hall–Kier alpha value is -2.70. The lowest BCUT2D eigenvalue weighted by atomic mass is 10.1. The zero-order valence-corrected chi connectivity index (χ0v) is 16.1. The smallest absolute Gasteiger partial charge is 0.257 e. The Bertz CT molecular complexity index is 1060. The molecule has 7 heteroatoms. The van der Waals surface area contributed by atoms with Crippen LogP contribution in [0.1, 0.15) is 22.8 Å². The number of pyridine rings is 1.